The number of halogens is 2. The van der Waals surface area contributed by atoms with E-state index in [0.29, 0.717) is 27.9 Å². The van der Waals surface area contributed by atoms with Crippen LogP contribution in [-0.4, -0.2) is 36.7 Å². The van der Waals surface area contributed by atoms with E-state index in [1.54, 1.807) is 49.6 Å². The number of allylic oxidation sites excluding steroid dienone is 2. The van der Waals surface area contributed by atoms with Crippen LogP contribution < -0.4 is 10.1 Å². The maximum Gasteiger partial charge on any atom is 0.242 e. The minimum Gasteiger partial charge on any atom is -0.497 e. The van der Waals surface area contributed by atoms with Crippen molar-refractivity contribution in [3.8, 4) is 5.75 Å². The first-order valence-corrected chi connectivity index (χ1v) is 9.50. The van der Waals surface area contributed by atoms with Gasteiger partial charge in [-0.25, -0.2) is 5.01 Å². The molecule has 2 rings (SSSR count). The second kappa shape index (κ2) is 11.2. The third-order valence-electron chi connectivity index (χ3n) is 3.86. The summed E-state index contributed by atoms with van der Waals surface area (Å²) in [5, 5.41) is 9.01. The van der Waals surface area contributed by atoms with Gasteiger partial charge < -0.3 is 10.1 Å². The zero-order chi connectivity index (χ0) is 21.2. The molecule has 6 nitrogen and oxygen atoms in total. The Morgan fingerprint density at radius 2 is 1.93 bits per heavy atom. The molecule has 1 N–H and O–H groups in total. The Bertz CT molecular complexity index is 912. The number of rotatable bonds is 9. The van der Waals surface area contributed by atoms with Crippen molar-refractivity contribution in [3.05, 3.63) is 75.8 Å². The maximum atomic E-state index is 12.2. The Kier molecular flexibility index (Phi) is 8.70. The van der Waals surface area contributed by atoms with Crippen LogP contribution in [-0.2, 0) is 16.1 Å². The van der Waals surface area contributed by atoms with E-state index in [-0.39, 0.29) is 19.0 Å². The van der Waals surface area contributed by atoms with Gasteiger partial charge in [-0.1, -0.05) is 35.3 Å². The summed E-state index contributed by atoms with van der Waals surface area (Å²) >= 11 is 12.0. The summed E-state index contributed by atoms with van der Waals surface area (Å²) in [6.45, 7) is 1.82. The summed E-state index contributed by atoms with van der Waals surface area (Å²) < 4.78 is 5.15. The quantitative estimate of drug-likeness (QED) is 0.368. The second-order valence-electron chi connectivity index (χ2n) is 5.93. The highest BCUT2D eigenvalue weighted by atomic mass is 35.5. The smallest absolute Gasteiger partial charge is 0.242 e. The normalized spacial score (nSPS) is 11.4. The highest BCUT2D eigenvalue weighted by molar-refractivity contribution is 6.35. The average Bonchev–Trinajstić information content (AvgIpc) is 2.72. The molecule has 0 atom stereocenters. The summed E-state index contributed by atoms with van der Waals surface area (Å²) in [4.78, 5) is 23.7. The molecule has 8 heteroatoms. The Labute approximate surface area is 179 Å². The van der Waals surface area contributed by atoms with E-state index in [1.165, 1.54) is 0 Å². The van der Waals surface area contributed by atoms with Crippen molar-refractivity contribution in [2.45, 2.75) is 13.5 Å². The molecule has 152 valence electrons. The fourth-order valence-corrected chi connectivity index (χ4v) is 2.88. The Hall–Kier alpha value is -2.83. The van der Waals surface area contributed by atoms with Crippen molar-refractivity contribution in [2.24, 2.45) is 5.10 Å². The van der Waals surface area contributed by atoms with Crippen LogP contribution in [0, 0.1) is 0 Å². The molecule has 0 aliphatic rings. The molecule has 0 saturated heterocycles. The van der Waals surface area contributed by atoms with Gasteiger partial charge in [0, 0.05) is 22.2 Å². The van der Waals surface area contributed by atoms with Gasteiger partial charge in [-0.15, -0.1) is 0 Å². The van der Waals surface area contributed by atoms with Crippen LogP contribution in [0.1, 0.15) is 18.1 Å². The van der Waals surface area contributed by atoms with Gasteiger partial charge in [0.1, 0.15) is 12.3 Å². The maximum absolute atomic E-state index is 12.2. The van der Waals surface area contributed by atoms with Gasteiger partial charge in [0.15, 0.2) is 0 Å². The van der Waals surface area contributed by atoms with Gasteiger partial charge in [-0.2, -0.15) is 5.10 Å². The van der Waals surface area contributed by atoms with E-state index in [0.717, 1.165) is 16.1 Å². The van der Waals surface area contributed by atoms with Crippen LogP contribution in [0.2, 0.25) is 10.0 Å². The van der Waals surface area contributed by atoms with Crippen LogP contribution in [0.5, 0.6) is 5.75 Å². The van der Waals surface area contributed by atoms with Gasteiger partial charge >= 0.3 is 0 Å². The Morgan fingerprint density at radius 3 is 2.52 bits per heavy atom. The molecule has 0 unspecified atom stereocenters. The first-order valence-electron chi connectivity index (χ1n) is 8.75. The van der Waals surface area contributed by atoms with E-state index < -0.39 is 0 Å². The molecule has 2 aromatic rings. The molecule has 2 aromatic carbocycles. The molecule has 29 heavy (non-hydrogen) atoms. The van der Waals surface area contributed by atoms with E-state index >= 15 is 0 Å². The van der Waals surface area contributed by atoms with Crippen LogP contribution in [0.15, 0.2) is 59.7 Å². The zero-order valence-corrected chi connectivity index (χ0v) is 17.6. The molecule has 0 heterocycles. The van der Waals surface area contributed by atoms with E-state index in [9.17, 15) is 9.59 Å². The summed E-state index contributed by atoms with van der Waals surface area (Å²) in [6, 6.07) is 12.3. The number of nitrogens with zero attached hydrogens (tertiary/aromatic N) is 2. The number of carbonyl (C=O) groups excluding carboxylic acids is 2. The summed E-state index contributed by atoms with van der Waals surface area (Å²) in [6.07, 6.45) is 4.06. The number of benzene rings is 2. The number of carbonyl (C=O) groups is 2. The predicted octanol–water partition coefficient (Wildman–Crippen LogP) is 4.06. The molecular formula is C21H21Cl2N3O3. The summed E-state index contributed by atoms with van der Waals surface area (Å²) in [7, 11) is 1.58. The number of hydrogen-bond donors (Lipinski definition) is 1. The molecule has 2 amide bonds. The fraction of sp³-hybridized carbons (Fsp3) is 0.190. The molecular weight excluding hydrogens is 413 g/mol. The van der Waals surface area contributed by atoms with Gasteiger partial charge in [0.25, 0.3) is 0 Å². The second-order valence-corrected chi connectivity index (χ2v) is 6.77. The molecule has 0 fully saturated rings. The van der Waals surface area contributed by atoms with Crippen molar-refractivity contribution in [1.29, 1.82) is 0 Å². The van der Waals surface area contributed by atoms with Gasteiger partial charge in [-0.3, -0.25) is 9.59 Å². The monoisotopic (exact) mass is 433 g/mol. The lowest BCUT2D eigenvalue weighted by Gasteiger charge is -2.14. The highest BCUT2D eigenvalue weighted by Crippen LogP contribution is 2.20. The van der Waals surface area contributed by atoms with Gasteiger partial charge in [0.2, 0.25) is 12.3 Å². The lowest BCUT2D eigenvalue weighted by atomic mass is 10.1. The number of amides is 2. The number of hydrogen-bond acceptors (Lipinski definition) is 4. The first kappa shape index (κ1) is 22.5. The number of ether oxygens (including phenoxy) is 1. The van der Waals surface area contributed by atoms with E-state index in [1.807, 2.05) is 19.1 Å². The minimum absolute atomic E-state index is 0.214. The average molecular weight is 434 g/mol. The topological polar surface area (TPSA) is 71.0 Å². The van der Waals surface area contributed by atoms with E-state index in [2.05, 4.69) is 10.4 Å². The minimum atomic E-state index is -0.374. The number of hydrazone groups is 1. The third kappa shape index (κ3) is 6.93. The van der Waals surface area contributed by atoms with Crippen LogP contribution in [0.4, 0.5) is 0 Å². The van der Waals surface area contributed by atoms with Crippen LogP contribution >= 0.6 is 23.2 Å². The molecule has 0 aromatic heterocycles. The first-order chi connectivity index (χ1) is 14.0. The molecule has 0 aliphatic heterocycles. The van der Waals surface area contributed by atoms with Crippen molar-refractivity contribution in [3.63, 3.8) is 0 Å². The zero-order valence-electron chi connectivity index (χ0n) is 16.1. The molecule has 0 saturated carbocycles. The predicted molar refractivity (Wildman–Crippen MR) is 115 cm³/mol. The highest BCUT2D eigenvalue weighted by Gasteiger charge is 2.11. The van der Waals surface area contributed by atoms with Gasteiger partial charge in [0.05, 0.1) is 12.8 Å². The van der Waals surface area contributed by atoms with Crippen LogP contribution in [0.25, 0.3) is 0 Å². The van der Waals surface area contributed by atoms with Crippen molar-refractivity contribution < 1.29 is 14.3 Å². The van der Waals surface area contributed by atoms with Crippen molar-refractivity contribution >= 4 is 41.2 Å². The molecule has 0 radical (unpaired) electrons. The van der Waals surface area contributed by atoms with Crippen molar-refractivity contribution in [2.75, 3.05) is 13.7 Å². The molecule has 0 bridgehead atoms. The van der Waals surface area contributed by atoms with Crippen LogP contribution in [0.3, 0.4) is 0 Å². The summed E-state index contributed by atoms with van der Waals surface area (Å²) in [5.74, 6) is 0.336. The van der Waals surface area contributed by atoms with Gasteiger partial charge in [-0.05, 0) is 55.0 Å². The Balaban J connectivity index is 2.07. The number of methoxy groups -OCH3 is 1. The Morgan fingerprint density at radius 1 is 1.21 bits per heavy atom. The molecule has 0 spiro atoms. The summed E-state index contributed by atoms with van der Waals surface area (Å²) in [5.41, 5.74) is 2.04. The standard InChI is InChI=1S/C21H21Cl2N3O3/c1-3-4-20(15-6-9-18(29-2)10-7-15)25-26(14-27)13-21(28)24-12-16-5-8-17(22)11-19(16)23/h3-11,14H,12-13H2,1-2H3,(H,24,28)/b4-3-,25-20+. The largest absolute Gasteiger partial charge is 0.497 e. The molecule has 0 aliphatic carbocycles. The van der Waals surface area contributed by atoms with E-state index in [4.69, 9.17) is 27.9 Å². The lowest BCUT2D eigenvalue weighted by molar-refractivity contribution is -0.128. The number of nitrogens with one attached hydrogen (secondary N) is 1. The lowest BCUT2D eigenvalue weighted by Crippen LogP contribution is -2.34. The third-order valence-corrected chi connectivity index (χ3v) is 4.45. The SMILES string of the molecule is C/C=C\C(=N/N(C=O)CC(=O)NCc1ccc(Cl)cc1Cl)c1ccc(OC)cc1. The fourth-order valence-electron chi connectivity index (χ4n) is 2.40. The van der Waals surface area contributed by atoms with Crippen molar-refractivity contribution in [1.82, 2.24) is 10.3 Å².